The normalized spacial score (nSPS) is 11.8. The molecular weight excluding hydrogens is 266 g/mol. The fraction of sp³-hybridized carbons (Fsp3) is 0.545. The van der Waals surface area contributed by atoms with Crippen LogP contribution in [0.3, 0.4) is 0 Å². The standard InChI is InChI=1S/C11H19N5O2S/c1-19-5-3-9(16-11(12)18)10(17)14-4-2-8-6-13-7-15-8/h6-7,9H,2-5H2,1H3,(H,13,15)(H,14,17)(H3,12,16,18). The number of carbonyl (C=O) groups excluding carboxylic acids is 2. The van der Waals surface area contributed by atoms with Crippen molar-refractivity contribution in [1.29, 1.82) is 0 Å². The highest BCUT2D eigenvalue weighted by Gasteiger charge is 2.18. The second-order valence-corrected chi connectivity index (χ2v) is 4.95. The summed E-state index contributed by atoms with van der Waals surface area (Å²) in [5.41, 5.74) is 6.01. The van der Waals surface area contributed by atoms with Gasteiger partial charge in [-0.3, -0.25) is 4.79 Å². The number of H-pyrrole nitrogens is 1. The zero-order valence-corrected chi connectivity index (χ0v) is 11.6. The van der Waals surface area contributed by atoms with Crippen LogP contribution in [0.4, 0.5) is 4.79 Å². The van der Waals surface area contributed by atoms with Crippen molar-refractivity contribution in [3.05, 3.63) is 18.2 Å². The molecule has 1 atom stereocenters. The molecule has 0 radical (unpaired) electrons. The van der Waals surface area contributed by atoms with Gasteiger partial charge < -0.3 is 21.4 Å². The summed E-state index contributed by atoms with van der Waals surface area (Å²) in [6.07, 6.45) is 6.46. The summed E-state index contributed by atoms with van der Waals surface area (Å²) < 4.78 is 0. The lowest BCUT2D eigenvalue weighted by Gasteiger charge is -2.16. The van der Waals surface area contributed by atoms with Gasteiger partial charge in [0.1, 0.15) is 6.04 Å². The van der Waals surface area contributed by atoms with Crippen LogP contribution in [0.1, 0.15) is 12.1 Å². The molecule has 0 aliphatic carbocycles. The number of aromatic nitrogens is 2. The van der Waals surface area contributed by atoms with Crippen LogP contribution in [-0.2, 0) is 11.2 Å². The molecule has 1 rings (SSSR count). The van der Waals surface area contributed by atoms with Crippen molar-refractivity contribution in [2.24, 2.45) is 5.73 Å². The van der Waals surface area contributed by atoms with E-state index in [9.17, 15) is 9.59 Å². The molecule has 1 aromatic rings. The fourth-order valence-electron chi connectivity index (χ4n) is 1.54. The predicted octanol–water partition coefficient (Wildman–Crippen LogP) is -0.142. The number of amides is 3. The molecule has 1 heterocycles. The SMILES string of the molecule is CSCCC(NC(N)=O)C(=O)NCCc1cnc[nH]1. The van der Waals surface area contributed by atoms with Crippen molar-refractivity contribution in [1.82, 2.24) is 20.6 Å². The van der Waals surface area contributed by atoms with Crippen LogP contribution >= 0.6 is 11.8 Å². The number of rotatable bonds is 8. The molecule has 5 N–H and O–H groups in total. The molecule has 0 saturated heterocycles. The summed E-state index contributed by atoms with van der Waals surface area (Å²) >= 11 is 1.61. The first-order chi connectivity index (χ1) is 9.13. The number of carbonyl (C=O) groups is 2. The molecule has 7 nitrogen and oxygen atoms in total. The molecule has 0 fully saturated rings. The number of urea groups is 1. The minimum absolute atomic E-state index is 0.215. The highest BCUT2D eigenvalue weighted by Crippen LogP contribution is 2.01. The van der Waals surface area contributed by atoms with Crippen molar-refractivity contribution in [2.45, 2.75) is 18.9 Å². The average molecular weight is 285 g/mol. The number of nitrogens with two attached hydrogens (primary N) is 1. The van der Waals surface area contributed by atoms with Crippen LogP contribution in [0, 0.1) is 0 Å². The van der Waals surface area contributed by atoms with E-state index in [1.165, 1.54) is 0 Å². The third-order valence-electron chi connectivity index (χ3n) is 2.49. The summed E-state index contributed by atoms with van der Waals surface area (Å²) in [6.45, 7) is 0.483. The van der Waals surface area contributed by atoms with Gasteiger partial charge in [0, 0.05) is 24.9 Å². The van der Waals surface area contributed by atoms with Crippen molar-refractivity contribution in [3.8, 4) is 0 Å². The van der Waals surface area contributed by atoms with Crippen LogP contribution in [-0.4, -0.2) is 46.5 Å². The Kier molecular flexibility index (Phi) is 6.80. The van der Waals surface area contributed by atoms with E-state index in [1.54, 1.807) is 24.3 Å². The molecule has 1 unspecified atom stereocenters. The number of aromatic amines is 1. The minimum Gasteiger partial charge on any atom is -0.354 e. The Balaban J connectivity index is 2.35. The average Bonchev–Trinajstić information content (AvgIpc) is 2.87. The molecule has 0 aliphatic rings. The Hall–Kier alpha value is -1.70. The summed E-state index contributed by atoms with van der Waals surface area (Å²) in [7, 11) is 0. The maximum Gasteiger partial charge on any atom is 0.312 e. The third-order valence-corrected chi connectivity index (χ3v) is 3.14. The molecule has 8 heteroatoms. The Morgan fingerprint density at radius 2 is 2.37 bits per heavy atom. The molecule has 0 aromatic carbocycles. The van der Waals surface area contributed by atoms with Gasteiger partial charge in [-0.15, -0.1) is 0 Å². The lowest BCUT2D eigenvalue weighted by molar-refractivity contribution is -0.122. The van der Waals surface area contributed by atoms with Crippen molar-refractivity contribution in [3.63, 3.8) is 0 Å². The first kappa shape index (κ1) is 15.4. The molecule has 1 aromatic heterocycles. The smallest absolute Gasteiger partial charge is 0.312 e. The highest BCUT2D eigenvalue weighted by atomic mass is 32.2. The predicted molar refractivity (Wildman–Crippen MR) is 74.8 cm³/mol. The number of nitrogens with zero attached hydrogens (tertiary/aromatic N) is 1. The van der Waals surface area contributed by atoms with E-state index >= 15 is 0 Å². The van der Waals surface area contributed by atoms with Gasteiger partial charge in [-0.1, -0.05) is 0 Å². The second kappa shape index (κ2) is 8.41. The van der Waals surface area contributed by atoms with Crippen LogP contribution in [0.5, 0.6) is 0 Å². The first-order valence-electron chi connectivity index (χ1n) is 5.93. The third kappa shape index (κ3) is 6.14. The van der Waals surface area contributed by atoms with Gasteiger partial charge >= 0.3 is 6.03 Å². The fourth-order valence-corrected chi connectivity index (χ4v) is 2.01. The highest BCUT2D eigenvalue weighted by molar-refractivity contribution is 7.98. The van der Waals surface area contributed by atoms with E-state index in [1.807, 2.05) is 6.26 Å². The van der Waals surface area contributed by atoms with E-state index in [0.29, 0.717) is 19.4 Å². The van der Waals surface area contributed by atoms with E-state index in [-0.39, 0.29) is 5.91 Å². The zero-order valence-electron chi connectivity index (χ0n) is 10.8. The van der Waals surface area contributed by atoms with Gasteiger partial charge in [-0.25, -0.2) is 9.78 Å². The minimum atomic E-state index is -0.685. The number of primary amides is 1. The van der Waals surface area contributed by atoms with Gasteiger partial charge in [-0.2, -0.15) is 11.8 Å². The number of imidazole rings is 1. The summed E-state index contributed by atoms with van der Waals surface area (Å²) in [6, 6.07) is -1.26. The van der Waals surface area contributed by atoms with Crippen molar-refractivity contribution >= 4 is 23.7 Å². The number of hydrogen-bond donors (Lipinski definition) is 4. The maximum atomic E-state index is 11.9. The summed E-state index contributed by atoms with van der Waals surface area (Å²) in [5.74, 6) is 0.561. The largest absolute Gasteiger partial charge is 0.354 e. The van der Waals surface area contributed by atoms with Crippen molar-refractivity contribution < 1.29 is 9.59 Å². The molecule has 106 valence electrons. The van der Waals surface area contributed by atoms with Gasteiger partial charge in [0.2, 0.25) is 5.91 Å². The number of nitrogens with one attached hydrogen (secondary N) is 3. The second-order valence-electron chi connectivity index (χ2n) is 3.96. The maximum absolute atomic E-state index is 11.9. The van der Waals surface area contributed by atoms with Crippen LogP contribution in [0.2, 0.25) is 0 Å². The van der Waals surface area contributed by atoms with Crippen LogP contribution < -0.4 is 16.4 Å². The van der Waals surface area contributed by atoms with Crippen LogP contribution in [0.25, 0.3) is 0 Å². The molecular formula is C11H19N5O2S. The Morgan fingerprint density at radius 3 is 2.95 bits per heavy atom. The molecule has 0 spiro atoms. The first-order valence-corrected chi connectivity index (χ1v) is 7.32. The molecule has 0 aliphatic heterocycles. The van der Waals surface area contributed by atoms with E-state index in [0.717, 1.165) is 11.4 Å². The number of thioether (sulfide) groups is 1. The van der Waals surface area contributed by atoms with E-state index < -0.39 is 12.1 Å². The lowest BCUT2D eigenvalue weighted by atomic mass is 10.2. The number of hydrogen-bond acceptors (Lipinski definition) is 4. The van der Waals surface area contributed by atoms with E-state index in [4.69, 9.17) is 5.73 Å². The van der Waals surface area contributed by atoms with Gasteiger partial charge in [0.25, 0.3) is 0 Å². The zero-order chi connectivity index (χ0) is 14.1. The Labute approximate surface area is 116 Å². The monoisotopic (exact) mass is 285 g/mol. The van der Waals surface area contributed by atoms with Gasteiger partial charge in [0.15, 0.2) is 0 Å². The molecule has 0 bridgehead atoms. The van der Waals surface area contributed by atoms with Gasteiger partial charge in [0.05, 0.1) is 6.33 Å². The quantitative estimate of drug-likeness (QED) is 0.532. The van der Waals surface area contributed by atoms with Gasteiger partial charge in [-0.05, 0) is 18.4 Å². The van der Waals surface area contributed by atoms with Crippen molar-refractivity contribution in [2.75, 3.05) is 18.6 Å². The Bertz CT molecular complexity index is 396. The Morgan fingerprint density at radius 1 is 1.58 bits per heavy atom. The lowest BCUT2D eigenvalue weighted by Crippen LogP contribution is -2.49. The summed E-state index contributed by atoms with van der Waals surface area (Å²) in [4.78, 5) is 29.6. The van der Waals surface area contributed by atoms with E-state index in [2.05, 4.69) is 20.6 Å². The van der Waals surface area contributed by atoms with Crippen LogP contribution in [0.15, 0.2) is 12.5 Å². The summed E-state index contributed by atoms with van der Waals surface area (Å²) in [5, 5.41) is 5.22. The molecule has 19 heavy (non-hydrogen) atoms. The topological polar surface area (TPSA) is 113 Å². The molecule has 3 amide bonds. The molecule has 0 saturated carbocycles.